The number of hydrogen-bond acceptors (Lipinski definition) is 4. The molecule has 1 fully saturated rings. The quantitative estimate of drug-likeness (QED) is 0.900. The Morgan fingerprint density at radius 2 is 2.12 bits per heavy atom. The van der Waals surface area contributed by atoms with E-state index in [0.717, 1.165) is 29.7 Å². The first-order chi connectivity index (χ1) is 11.9. The summed E-state index contributed by atoms with van der Waals surface area (Å²) < 4.78 is 6.87. The fraction of sp³-hybridized carbons (Fsp3) is 0.474. The van der Waals surface area contributed by atoms with Gasteiger partial charge < -0.3 is 14.7 Å². The molecule has 6 nitrogen and oxygen atoms in total. The zero-order valence-corrected chi connectivity index (χ0v) is 15.0. The minimum Gasteiger partial charge on any atom is -0.497 e. The van der Waals surface area contributed by atoms with Gasteiger partial charge in [-0.2, -0.15) is 5.10 Å². The molecule has 0 unspecified atom stereocenters. The van der Waals surface area contributed by atoms with Gasteiger partial charge in [0.25, 0.3) is 0 Å². The van der Waals surface area contributed by atoms with Crippen molar-refractivity contribution >= 4 is 5.91 Å². The molecule has 6 heteroatoms. The fourth-order valence-corrected chi connectivity index (χ4v) is 3.61. The van der Waals surface area contributed by atoms with Crippen molar-refractivity contribution in [2.75, 3.05) is 13.7 Å². The van der Waals surface area contributed by atoms with E-state index in [-0.39, 0.29) is 11.9 Å². The monoisotopic (exact) mass is 343 g/mol. The molecule has 3 rings (SSSR count). The van der Waals surface area contributed by atoms with E-state index in [0.29, 0.717) is 13.0 Å². The van der Waals surface area contributed by atoms with Crippen LogP contribution in [0.5, 0.6) is 5.75 Å². The first-order valence-corrected chi connectivity index (χ1v) is 8.55. The predicted molar refractivity (Wildman–Crippen MR) is 94.2 cm³/mol. The number of carbonyl (C=O) groups excluding carboxylic acids is 1. The summed E-state index contributed by atoms with van der Waals surface area (Å²) in [5.41, 5.74) is 0.578. The van der Waals surface area contributed by atoms with Crippen LogP contribution in [-0.2, 0) is 23.9 Å². The van der Waals surface area contributed by atoms with Crippen molar-refractivity contribution < 1.29 is 14.6 Å². The van der Waals surface area contributed by atoms with Crippen molar-refractivity contribution in [3.63, 3.8) is 0 Å². The van der Waals surface area contributed by atoms with E-state index in [1.54, 1.807) is 24.9 Å². The van der Waals surface area contributed by atoms with Crippen molar-refractivity contribution in [3.8, 4) is 5.75 Å². The van der Waals surface area contributed by atoms with E-state index < -0.39 is 5.60 Å². The summed E-state index contributed by atoms with van der Waals surface area (Å²) in [7, 11) is 3.45. The Balaban J connectivity index is 1.77. The highest BCUT2D eigenvalue weighted by Gasteiger charge is 2.42. The second-order valence-corrected chi connectivity index (χ2v) is 6.82. The van der Waals surface area contributed by atoms with E-state index in [1.165, 1.54) is 0 Å². The second-order valence-electron chi connectivity index (χ2n) is 6.82. The Kier molecular flexibility index (Phi) is 4.81. The largest absolute Gasteiger partial charge is 0.497 e. The topological polar surface area (TPSA) is 67.6 Å². The van der Waals surface area contributed by atoms with Crippen molar-refractivity contribution in [2.45, 2.75) is 37.8 Å². The van der Waals surface area contributed by atoms with Crippen LogP contribution in [0.4, 0.5) is 0 Å². The lowest BCUT2D eigenvalue weighted by Crippen LogP contribution is -2.48. The number of nitrogens with zero attached hydrogens (tertiary/aromatic N) is 3. The summed E-state index contributed by atoms with van der Waals surface area (Å²) >= 11 is 0. The molecule has 25 heavy (non-hydrogen) atoms. The molecule has 0 radical (unpaired) electrons. The Bertz CT molecular complexity index is 737. The maximum absolute atomic E-state index is 12.8. The number of ether oxygens (including phenoxy) is 1. The van der Waals surface area contributed by atoms with E-state index in [9.17, 15) is 9.90 Å². The SMILES string of the molecule is COc1ccc([C@](C)(O)[C@@H]2CCCN2C(=O)Cc2cnn(C)c2)cc1. The minimum atomic E-state index is -1.10. The van der Waals surface area contributed by atoms with Crippen LogP contribution in [0.3, 0.4) is 0 Å². The van der Waals surface area contributed by atoms with Crippen LogP contribution in [0.2, 0.25) is 0 Å². The van der Waals surface area contributed by atoms with Crippen LogP contribution in [0.1, 0.15) is 30.9 Å². The number of aromatic nitrogens is 2. The van der Waals surface area contributed by atoms with Crippen LogP contribution < -0.4 is 4.74 Å². The van der Waals surface area contributed by atoms with Crippen molar-refractivity contribution in [3.05, 3.63) is 47.8 Å². The van der Waals surface area contributed by atoms with Gasteiger partial charge in [0, 0.05) is 19.8 Å². The van der Waals surface area contributed by atoms with Gasteiger partial charge in [-0.05, 0) is 43.0 Å². The average molecular weight is 343 g/mol. The number of benzene rings is 1. The van der Waals surface area contributed by atoms with Gasteiger partial charge in [0.15, 0.2) is 0 Å². The molecule has 1 N–H and O–H groups in total. The normalized spacial score (nSPS) is 19.7. The summed E-state index contributed by atoms with van der Waals surface area (Å²) in [6.07, 6.45) is 5.56. The van der Waals surface area contributed by atoms with Gasteiger partial charge in [0.1, 0.15) is 11.4 Å². The Morgan fingerprint density at radius 1 is 1.40 bits per heavy atom. The first kappa shape index (κ1) is 17.5. The van der Waals surface area contributed by atoms with Crippen molar-refractivity contribution in [1.29, 1.82) is 0 Å². The molecule has 2 heterocycles. The molecule has 134 valence electrons. The van der Waals surface area contributed by atoms with E-state index >= 15 is 0 Å². The second kappa shape index (κ2) is 6.88. The third-order valence-corrected chi connectivity index (χ3v) is 5.01. The predicted octanol–water partition coefficient (Wildman–Crippen LogP) is 1.87. The summed E-state index contributed by atoms with van der Waals surface area (Å²) in [4.78, 5) is 14.6. The number of rotatable bonds is 5. The summed E-state index contributed by atoms with van der Waals surface area (Å²) in [5.74, 6) is 0.778. The number of hydrogen-bond donors (Lipinski definition) is 1. The van der Waals surface area contributed by atoms with Gasteiger partial charge in [0.05, 0.1) is 25.8 Å². The molecule has 0 spiro atoms. The highest BCUT2D eigenvalue weighted by molar-refractivity contribution is 5.79. The van der Waals surface area contributed by atoms with Crippen molar-refractivity contribution in [1.82, 2.24) is 14.7 Å². The average Bonchev–Trinajstić information content (AvgIpc) is 3.24. The lowest BCUT2D eigenvalue weighted by atomic mass is 9.86. The maximum atomic E-state index is 12.8. The van der Waals surface area contributed by atoms with Gasteiger partial charge in [-0.25, -0.2) is 0 Å². The third kappa shape index (κ3) is 3.54. The molecule has 1 amide bonds. The van der Waals surface area contributed by atoms with Gasteiger partial charge in [-0.1, -0.05) is 12.1 Å². The van der Waals surface area contributed by atoms with Gasteiger partial charge in [-0.15, -0.1) is 0 Å². The molecular weight excluding hydrogens is 318 g/mol. The summed E-state index contributed by atoms with van der Waals surface area (Å²) in [5, 5.41) is 15.3. The molecular formula is C19H25N3O3. The lowest BCUT2D eigenvalue weighted by molar-refractivity contribution is -0.137. The van der Waals surface area contributed by atoms with Gasteiger partial charge in [0.2, 0.25) is 5.91 Å². The molecule has 2 atom stereocenters. The first-order valence-electron chi connectivity index (χ1n) is 8.55. The van der Waals surface area contributed by atoms with Crippen LogP contribution in [0.15, 0.2) is 36.7 Å². The van der Waals surface area contributed by atoms with E-state index in [2.05, 4.69) is 5.10 Å². The molecule has 1 aliphatic rings. The minimum absolute atomic E-state index is 0.0317. The molecule has 0 saturated carbocycles. The smallest absolute Gasteiger partial charge is 0.227 e. The molecule has 1 saturated heterocycles. The molecule has 2 aromatic rings. The van der Waals surface area contributed by atoms with Crippen LogP contribution in [-0.4, -0.2) is 45.4 Å². The van der Waals surface area contributed by atoms with Crippen molar-refractivity contribution in [2.24, 2.45) is 7.05 Å². The lowest BCUT2D eigenvalue weighted by Gasteiger charge is -2.37. The Morgan fingerprint density at radius 3 is 2.72 bits per heavy atom. The zero-order valence-electron chi connectivity index (χ0n) is 15.0. The van der Waals surface area contributed by atoms with Gasteiger partial charge >= 0.3 is 0 Å². The Hall–Kier alpha value is -2.34. The molecule has 0 aliphatic carbocycles. The number of carbonyl (C=O) groups is 1. The standard InChI is InChI=1S/C19H25N3O3/c1-19(24,15-6-8-16(25-3)9-7-15)17-5-4-10-22(17)18(23)11-14-12-20-21(2)13-14/h6-9,12-13,17,24H,4-5,10-11H2,1-3H3/t17-,19-/m0/s1. The third-order valence-electron chi connectivity index (χ3n) is 5.01. The number of methoxy groups -OCH3 is 1. The van der Waals surface area contributed by atoms with Crippen LogP contribution in [0.25, 0.3) is 0 Å². The number of aryl methyl sites for hydroxylation is 1. The number of likely N-dealkylation sites (tertiary alicyclic amines) is 1. The Labute approximate surface area is 148 Å². The molecule has 1 aromatic carbocycles. The molecule has 0 bridgehead atoms. The maximum Gasteiger partial charge on any atom is 0.227 e. The van der Waals surface area contributed by atoms with Crippen LogP contribution in [0, 0.1) is 0 Å². The van der Waals surface area contributed by atoms with Gasteiger partial charge in [-0.3, -0.25) is 9.48 Å². The van der Waals surface area contributed by atoms with E-state index in [1.807, 2.05) is 42.4 Å². The molecule has 1 aromatic heterocycles. The zero-order chi connectivity index (χ0) is 18.0. The highest BCUT2D eigenvalue weighted by Crippen LogP contribution is 2.35. The highest BCUT2D eigenvalue weighted by atomic mass is 16.5. The summed E-state index contributed by atoms with van der Waals surface area (Å²) in [6, 6.07) is 7.16. The summed E-state index contributed by atoms with van der Waals surface area (Å²) in [6.45, 7) is 2.46. The fourth-order valence-electron chi connectivity index (χ4n) is 3.61. The number of amides is 1. The molecule has 1 aliphatic heterocycles. The van der Waals surface area contributed by atoms with Crippen LogP contribution >= 0.6 is 0 Å². The van der Waals surface area contributed by atoms with E-state index in [4.69, 9.17) is 4.74 Å². The number of aliphatic hydroxyl groups is 1.